The van der Waals surface area contributed by atoms with E-state index in [1.165, 1.54) is 10.9 Å². The van der Waals surface area contributed by atoms with Gasteiger partial charge in [0.15, 0.2) is 0 Å². The van der Waals surface area contributed by atoms with Crippen LogP contribution >= 0.6 is 0 Å². The SMILES string of the molecule is Cn1ncc(C(=O)O)c1-c1cn(C)c2c(O)cccc12. The van der Waals surface area contributed by atoms with Crippen molar-refractivity contribution in [3.63, 3.8) is 0 Å². The van der Waals surface area contributed by atoms with Crippen LogP contribution in [0.5, 0.6) is 5.75 Å². The largest absolute Gasteiger partial charge is 0.506 e. The van der Waals surface area contributed by atoms with Crippen molar-refractivity contribution in [3.8, 4) is 17.0 Å². The number of aromatic carboxylic acids is 1. The Labute approximate surface area is 114 Å². The van der Waals surface area contributed by atoms with Crippen LogP contribution in [-0.2, 0) is 14.1 Å². The molecule has 102 valence electrons. The third-order valence-corrected chi connectivity index (χ3v) is 3.40. The summed E-state index contributed by atoms with van der Waals surface area (Å²) >= 11 is 0. The van der Waals surface area contributed by atoms with E-state index >= 15 is 0 Å². The van der Waals surface area contributed by atoms with Crippen LogP contribution in [0.4, 0.5) is 0 Å². The molecule has 6 nitrogen and oxygen atoms in total. The summed E-state index contributed by atoms with van der Waals surface area (Å²) in [6.07, 6.45) is 3.13. The van der Waals surface area contributed by atoms with Crippen molar-refractivity contribution >= 4 is 16.9 Å². The summed E-state index contributed by atoms with van der Waals surface area (Å²) in [6.45, 7) is 0. The quantitative estimate of drug-likeness (QED) is 0.747. The number of carboxylic acid groups (broad SMARTS) is 1. The number of aromatic hydroxyl groups is 1. The highest BCUT2D eigenvalue weighted by Gasteiger charge is 2.21. The molecule has 0 aliphatic heterocycles. The summed E-state index contributed by atoms with van der Waals surface area (Å²) in [7, 11) is 3.51. The van der Waals surface area contributed by atoms with Gasteiger partial charge in [-0.15, -0.1) is 0 Å². The third kappa shape index (κ3) is 1.58. The number of carboxylic acids is 1. The number of fused-ring (bicyclic) bond motifs is 1. The summed E-state index contributed by atoms with van der Waals surface area (Å²) < 4.78 is 3.31. The van der Waals surface area contributed by atoms with Gasteiger partial charge in [0.2, 0.25) is 0 Å². The normalized spacial score (nSPS) is 11.1. The Bertz CT molecular complexity index is 830. The van der Waals surface area contributed by atoms with Crippen molar-refractivity contribution in [2.75, 3.05) is 0 Å². The highest BCUT2D eigenvalue weighted by Crippen LogP contribution is 2.35. The van der Waals surface area contributed by atoms with E-state index in [-0.39, 0.29) is 11.3 Å². The third-order valence-electron chi connectivity index (χ3n) is 3.40. The Balaban J connectivity index is 2.40. The van der Waals surface area contributed by atoms with Gasteiger partial charge < -0.3 is 14.8 Å². The van der Waals surface area contributed by atoms with Gasteiger partial charge in [-0.2, -0.15) is 5.10 Å². The van der Waals surface area contributed by atoms with E-state index in [1.54, 1.807) is 29.9 Å². The fourth-order valence-electron chi connectivity index (χ4n) is 2.55. The molecule has 0 fully saturated rings. The predicted molar refractivity (Wildman–Crippen MR) is 73.7 cm³/mol. The molecule has 0 saturated carbocycles. The maximum absolute atomic E-state index is 11.3. The van der Waals surface area contributed by atoms with Gasteiger partial charge in [0.25, 0.3) is 0 Å². The molecule has 3 rings (SSSR count). The zero-order valence-electron chi connectivity index (χ0n) is 11.0. The van der Waals surface area contributed by atoms with E-state index < -0.39 is 5.97 Å². The molecular formula is C14H13N3O3. The Morgan fingerprint density at radius 3 is 2.75 bits per heavy atom. The van der Waals surface area contributed by atoms with Crippen LogP contribution in [0.15, 0.2) is 30.6 Å². The average Bonchev–Trinajstić information content (AvgIpc) is 2.91. The molecule has 2 N–H and O–H groups in total. The highest BCUT2D eigenvalue weighted by atomic mass is 16.4. The van der Waals surface area contributed by atoms with Gasteiger partial charge in [0, 0.05) is 31.2 Å². The number of phenolic OH excluding ortho intramolecular Hbond substituents is 1. The zero-order valence-corrected chi connectivity index (χ0v) is 11.0. The van der Waals surface area contributed by atoms with Crippen molar-refractivity contribution < 1.29 is 15.0 Å². The fourth-order valence-corrected chi connectivity index (χ4v) is 2.55. The molecule has 3 aromatic rings. The van der Waals surface area contributed by atoms with Gasteiger partial charge in [0.05, 0.1) is 17.4 Å². The standard InChI is InChI=1S/C14H13N3O3/c1-16-7-10(8-4-3-5-11(18)13(8)16)12-9(14(19)20)6-15-17(12)2/h3-7,18H,1-2H3,(H,19,20). The molecule has 6 heteroatoms. The maximum atomic E-state index is 11.3. The molecule has 1 aromatic carbocycles. The van der Waals surface area contributed by atoms with E-state index in [1.807, 2.05) is 13.1 Å². The second kappa shape index (κ2) is 4.12. The second-order valence-electron chi connectivity index (χ2n) is 4.66. The van der Waals surface area contributed by atoms with Gasteiger partial charge in [0.1, 0.15) is 11.3 Å². The first-order valence-electron chi connectivity index (χ1n) is 6.03. The molecule has 0 aliphatic rings. The molecule has 0 saturated heterocycles. The first kappa shape index (κ1) is 12.3. The zero-order chi connectivity index (χ0) is 14.4. The minimum atomic E-state index is -1.02. The van der Waals surface area contributed by atoms with Gasteiger partial charge in [-0.1, -0.05) is 12.1 Å². The number of benzene rings is 1. The Kier molecular flexibility index (Phi) is 2.53. The summed E-state index contributed by atoms with van der Waals surface area (Å²) in [5, 5.41) is 24.0. The lowest BCUT2D eigenvalue weighted by Crippen LogP contribution is -2.00. The number of rotatable bonds is 2. The molecule has 0 amide bonds. The molecule has 2 heterocycles. The summed E-state index contributed by atoms with van der Waals surface area (Å²) in [5.41, 5.74) is 2.06. The lowest BCUT2D eigenvalue weighted by Gasteiger charge is -2.03. The lowest BCUT2D eigenvalue weighted by atomic mass is 10.1. The van der Waals surface area contributed by atoms with Crippen LogP contribution in [-0.4, -0.2) is 30.5 Å². The van der Waals surface area contributed by atoms with Crippen LogP contribution in [0.2, 0.25) is 0 Å². The minimum absolute atomic E-state index is 0.142. The van der Waals surface area contributed by atoms with Gasteiger partial charge in [-0.25, -0.2) is 4.79 Å². The monoisotopic (exact) mass is 271 g/mol. The summed E-state index contributed by atoms with van der Waals surface area (Å²) in [5.74, 6) is -0.861. The van der Waals surface area contributed by atoms with Crippen molar-refractivity contribution in [2.24, 2.45) is 14.1 Å². The maximum Gasteiger partial charge on any atom is 0.339 e. The van der Waals surface area contributed by atoms with Crippen LogP contribution < -0.4 is 0 Å². The number of aromatic nitrogens is 3. The Morgan fingerprint density at radius 2 is 2.05 bits per heavy atom. The number of hydrogen-bond acceptors (Lipinski definition) is 3. The molecular weight excluding hydrogens is 258 g/mol. The first-order chi connectivity index (χ1) is 9.50. The topological polar surface area (TPSA) is 80.3 Å². The van der Waals surface area contributed by atoms with Crippen molar-refractivity contribution in [1.29, 1.82) is 0 Å². The van der Waals surface area contributed by atoms with E-state index in [9.17, 15) is 15.0 Å². The van der Waals surface area contributed by atoms with Crippen molar-refractivity contribution in [1.82, 2.24) is 14.3 Å². The number of nitrogens with zero attached hydrogens (tertiary/aromatic N) is 3. The van der Waals surface area contributed by atoms with E-state index in [4.69, 9.17) is 0 Å². The van der Waals surface area contributed by atoms with Gasteiger partial charge in [-0.3, -0.25) is 4.68 Å². The molecule has 2 aromatic heterocycles. The summed E-state index contributed by atoms with van der Waals surface area (Å²) in [4.78, 5) is 11.3. The lowest BCUT2D eigenvalue weighted by molar-refractivity contribution is 0.0697. The molecule has 0 spiro atoms. The summed E-state index contributed by atoms with van der Waals surface area (Å²) in [6, 6.07) is 5.19. The number of hydrogen-bond donors (Lipinski definition) is 2. The van der Waals surface area contributed by atoms with Crippen LogP contribution in [0.25, 0.3) is 22.2 Å². The first-order valence-corrected chi connectivity index (χ1v) is 6.03. The predicted octanol–water partition coefficient (Wildman–Crippen LogP) is 1.98. The highest BCUT2D eigenvalue weighted by molar-refractivity contribution is 6.03. The molecule has 0 atom stereocenters. The Hall–Kier alpha value is -2.76. The minimum Gasteiger partial charge on any atom is -0.506 e. The number of carbonyl (C=O) groups is 1. The molecule has 0 aliphatic carbocycles. The number of para-hydroxylation sites is 1. The molecule has 0 bridgehead atoms. The second-order valence-corrected chi connectivity index (χ2v) is 4.66. The van der Waals surface area contributed by atoms with E-state index in [0.717, 1.165) is 10.9 Å². The van der Waals surface area contributed by atoms with E-state index in [0.29, 0.717) is 11.2 Å². The van der Waals surface area contributed by atoms with Crippen molar-refractivity contribution in [3.05, 3.63) is 36.2 Å². The number of phenols is 1. The van der Waals surface area contributed by atoms with Crippen molar-refractivity contribution in [2.45, 2.75) is 0 Å². The van der Waals surface area contributed by atoms with Gasteiger partial charge >= 0.3 is 5.97 Å². The fraction of sp³-hybridized carbons (Fsp3) is 0.143. The average molecular weight is 271 g/mol. The number of aryl methyl sites for hydroxylation is 2. The van der Waals surface area contributed by atoms with Crippen LogP contribution in [0.3, 0.4) is 0 Å². The van der Waals surface area contributed by atoms with Crippen LogP contribution in [0.1, 0.15) is 10.4 Å². The Morgan fingerprint density at radius 1 is 1.30 bits per heavy atom. The van der Waals surface area contributed by atoms with Crippen LogP contribution in [0, 0.1) is 0 Å². The molecule has 0 radical (unpaired) electrons. The van der Waals surface area contributed by atoms with Gasteiger partial charge in [-0.05, 0) is 6.07 Å². The van der Waals surface area contributed by atoms with E-state index in [2.05, 4.69) is 5.10 Å². The molecule has 20 heavy (non-hydrogen) atoms. The molecule has 0 unspecified atom stereocenters. The smallest absolute Gasteiger partial charge is 0.339 e.